The normalized spacial score (nSPS) is 14.2. The second-order valence-electron chi connectivity index (χ2n) is 12.1. The average molecular weight is 605 g/mol. The van der Waals surface area contributed by atoms with Crippen molar-refractivity contribution < 1.29 is 19.4 Å². The molecule has 1 aromatic heterocycles. The van der Waals surface area contributed by atoms with Gasteiger partial charge in [-0.2, -0.15) is 4.98 Å². The van der Waals surface area contributed by atoms with Gasteiger partial charge in [0.05, 0.1) is 13.2 Å². The number of fused-ring (bicyclic) bond motifs is 1. The molecule has 43 heavy (non-hydrogen) atoms. The lowest BCUT2D eigenvalue weighted by Gasteiger charge is -2.27. The second kappa shape index (κ2) is 14.5. The van der Waals surface area contributed by atoms with E-state index >= 15 is 0 Å². The number of rotatable bonds is 13. The van der Waals surface area contributed by atoms with Crippen LogP contribution in [0.5, 0.6) is 0 Å². The molecule has 230 valence electrons. The van der Waals surface area contributed by atoms with Gasteiger partial charge in [0.1, 0.15) is 17.5 Å². The first-order valence-electron chi connectivity index (χ1n) is 14.9. The number of carbonyl (C=O) groups excluding carboxylic acids is 1. The Balaban J connectivity index is 1.50. The monoisotopic (exact) mass is 604 g/mol. The number of ether oxygens (including phenoxy) is 1. The van der Waals surface area contributed by atoms with Crippen LogP contribution < -0.4 is 15.1 Å². The maximum atomic E-state index is 13.7. The molecule has 0 aliphatic carbocycles. The molecule has 2 heterocycles. The van der Waals surface area contributed by atoms with E-state index in [1.807, 2.05) is 73.5 Å². The highest BCUT2D eigenvalue weighted by Gasteiger charge is 2.28. The maximum Gasteiger partial charge on any atom is 0.407 e. The van der Waals surface area contributed by atoms with Crippen LogP contribution in [0.25, 0.3) is 0 Å². The summed E-state index contributed by atoms with van der Waals surface area (Å²) in [5.74, 6) is 0.952. The first-order chi connectivity index (χ1) is 20.6. The Labute approximate surface area is 255 Å². The van der Waals surface area contributed by atoms with E-state index in [4.69, 9.17) is 4.74 Å². The highest BCUT2D eigenvalue weighted by molar-refractivity contribution is 6.76. The molecule has 11 heteroatoms. The summed E-state index contributed by atoms with van der Waals surface area (Å²) >= 11 is 0. The quantitative estimate of drug-likeness (QED) is 0.230. The van der Waals surface area contributed by atoms with Crippen molar-refractivity contribution in [2.45, 2.75) is 51.7 Å². The Morgan fingerprint density at radius 1 is 1.14 bits per heavy atom. The van der Waals surface area contributed by atoms with Crippen molar-refractivity contribution in [3.8, 4) is 0 Å². The summed E-state index contributed by atoms with van der Waals surface area (Å²) in [6, 6.07) is 18.6. The van der Waals surface area contributed by atoms with Gasteiger partial charge in [-0.05, 0) is 36.6 Å². The summed E-state index contributed by atoms with van der Waals surface area (Å²) in [5.41, 5.74) is 3.03. The Bertz CT molecular complexity index is 1380. The standard InChI is InChI=1S/C32H44N6O4Si/c1-6-33-31-34-21-27-29(35-31)36(2)17-18-38(30(27)39)26-15-10-12-24(20-26)23-42-28(25-13-8-7-9-14-25)22-37(32(40)41)16-11-19-43(3,4)5/h7-10,12-15,20-21,28H,6,11,16-19,22-23H2,1-5H3,(H,40,41)(H,33,34,35). The van der Waals surface area contributed by atoms with E-state index < -0.39 is 20.3 Å². The van der Waals surface area contributed by atoms with Crippen LogP contribution in [0, 0.1) is 0 Å². The van der Waals surface area contributed by atoms with Gasteiger partial charge in [0.2, 0.25) is 5.95 Å². The van der Waals surface area contributed by atoms with Crippen LogP contribution >= 0.6 is 0 Å². The largest absolute Gasteiger partial charge is 0.465 e. The first-order valence-corrected chi connectivity index (χ1v) is 18.6. The van der Waals surface area contributed by atoms with Crippen molar-refractivity contribution in [3.05, 3.63) is 77.5 Å². The summed E-state index contributed by atoms with van der Waals surface area (Å²) in [4.78, 5) is 39.9. The van der Waals surface area contributed by atoms with Crippen LogP contribution in [-0.2, 0) is 11.3 Å². The third kappa shape index (κ3) is 8.77. The molecule has 2 amide bonds. The fourth-order valence-corrected chi connectivity index (χ4v) is 6.32. The summed E-state index contributed by atoms with van der Waals surface area (Å²) in [7, 11) is 0.658. The van der Waals surface area contributed by atoms with Gasteiger partial charge in [0.25, 0.3) is 5.91 Å². The summed E-state index contributed by atoms with van der Waals surface area (Å²) in [6.45, 7) is 11.7. The predicted molar refractivity (Wildman–Crippen MR) is 174 cm³/mol. The zero-order valence-electron chi connectivity index (χ0n) is 25.9. The Hall–Kier alpha value is -3.96. The molecular weight excluding hydrogens is 560 g/mol. The van der Waals surface area contributed by atoms with Crippen LogP contribution in [0.1, 0.15) is 40.9 Å². The minimum absolute atomic E-state index is 0.155. The molecule has 4 rings (SSSR count). The van der Waals surface area contributed by atoms with Crippen LogP contribution in [-0.4, -0.2) is 79.8 Å². The van der Waals surface area contributed by atoms with Gasteiger partial charge in [-0.15, -0.1) is 0 Å². The molecule has 2 aromatic carbocycles. The molecule has 0 fully saturated rings. The summed E-state index contributed by atoms with van der Waals surface area (Å²) in [6.07, 6.45) is 1.06. The Kier molecular flexibility index (Phi) is 10.8. The average Bonchev–Trinajstić information content (AvgIpc) is 3.10. The fourth-order valence-electron chi connectivity index (χ4n) is 5.11. The van der Waals surface area contributed by atoms with Gasteiger partial charge in [-0.1, -0.05) is 68.1 Å². The van der Waals surface area contributed by atoms with Crippen LogP contribution in [0.2, 0.25) is 25.7 Å². The first kappa shape index (κ1) is 32.0. The number of likely N-dealkylation sites (N-methyl/N-ethyl adjacent to an activating group) is 1. The number of benzene rings is 2. The van der Waals surface area contributed by atoms with Gasteiger partial charge in [-0.25, -0.2) is 9.78 Å². The number of nitrogens with one attached hydrogen (secondary N) is 1. The van der Waals surface area contributed by atoms with Crippen molar-refractivity contribution in [3.63, 3.8) is 0 Å². The highest BCUT2D eigenvalue weighted by atomic mass is 28.3. The number of hydrogen-bond donors (Lipinski definition) is 2. The summed E-state index contributed by atoms with van der Waals surface area (Å²) in [5, 5.41) is 13.1. The number of aromatic nitrogens is 2. The Morgan fingerprint density at radius 2 is 1.91 bits per heavy atom. The molecule has 1 unspecified atom stereocenters. The molecule has 1 atom stereocenters. The SMILES string of the molecule is CCNc1ncc2c(n1)N(C)CCN(c1cccc(COC(CN(CCC[Si](C)(C)C)C(=O)O)c3ccccc3)c1)C2=O. The van der Waals surface area contributed by atoms with Crippen molar-refractivity contribution in [2.75, 3.05) is 54.9 Å². The molecule has 0 saturated carbocycles. The molecule has 10 nitrogen and oxygen atoms in total. The minimum Gasteiger partial charge on any atom is -0.465 e. The van der Waals surface area contributed by atoms with Gasteiger partial charge in [0.15, 0.2) is 0 Å². The van der Waals surface area contributed by atoms with E-state index in [0.717, 1.165) is 29.3 Å². The van der Waals surface area contributed by atoms with Crippen molar-refractivity contribution in [2.24, 2.45) is 0 Å². The van der Waals surface area contributed by atoms with E-state index in [-0.39, 0.29) is 19.1 Å². The fraction of sp³-hybridized carbons (Fsp3) is 0.438. The van der Waals surface area contributed by atoms with Gasteiger partial charge < -0.3 is 29.9 Å². The molecule has 0 saturated heterocycles. The van der Waals surface area contributed by atoms with E-state index in [1.54, 1.807) is 11.1 Å². The smallest absolute Gasteiger partial charge is 0.407 e. The van der Waals surface area contributed by atoms with E-state index in [2.05, 4.69) is 34.9 Å². The molecule has 2 N–H and O–H groups in total. The lowest BCUT2D eigenvalue weighted by molar-refractivity contribution is 0.0156. The second-order valence-corrected chi connectivity index (χ2v) is 17.7. The zero-order valence-corrected chi connectivity index (χ0v) is 26.9. The summed E-state index contributed by atoms with van der Waals surface area (Å²) < 4.78 is 6.41. The predicted octanol–water partition coefficient (Wildman–Crippen LogP) is 5.97. The van der Waals surface area contributed by atoms with Gasteiger partial charge >= 0.3 is 6.09 Å². The van der Waals surface area contributed by atoms with E-state index in [1.165, 1.54) is 4.90 Å². The van der Waals surface area contributed by atoms with Crippen LogP contribution in [0.15, 0.2) is 60.8 Å². The van der Waals surface area contributed by atoms with Crippen molar-refractivity contribution in [1.82, 2.24) is 14.9 Å². The number of nitrogens with zero attached hydrogens (tertiary/aromatic N) is 5. The molecule has 1 aliphatic rings. The molecular formula is C32H44N6O4Si. The number of carboxylic acid groups (broad SMARTS) is 1. The molecule has 0 spiro atoms. The maximum absolute atomic E-state index is 13.7. The highest BCUT2D eigenvalue weighted by Crippen LogP contribution is 2.28. The molecule has 1 aliphatic heterocycles. The van der Waals surface area contributed by atoms with E-state index in [0.29, 0.717) is 43.5 Å². The zero-order chi connectivity index (χ0) is 31.0. The minimum atomic E-state index is -1.27. The molecule has 0 bridgehead atoms. The van der Waals surface area contributed by atoms with E-state index in [9.17, 15) is 14.7 Å². The molecule has 0 radical (unpaired) electrons. The lowest BCUT2D eigenvalue weighted by Crippen LogP contribution is -2.36. The van der Waals surface area contributed by atoms with Crippen LogP contribution in [0.3, 0.4) is 0 Å². The van der Waals surface area contributed by atoms with Crippen molar-refractivity contribution >= 4 is 37.5 Å². The van der Waals surface area contributed by atoms with Gasteiger partial charge in [-0.3, -0.25) is 4.79 Å². The number of carbonyl (C=O) groups is 2. The van der Waals surface area contributed by atoms with Crippen molar-refractivity contribution in [1.29, 1.82) is 0 Å². The Morgan fingerprint density at radius 3 is 2.60 bits per heavy atom. The topological polar surface area (TPSA) is 111 Å². The third-order valence-electron chi connectivity index (χ3n) is 7.46. The number of amides is 2. The van der Waals surface area contributed by atoms with Gasteiger partial charge in [0, 0.05) is 53.2 Å². The lowest BCUT2D eigenvalue weighted by atomic mass is 10.1. The third-order valence-corrected chi connectivity index (χ3v) is 9.31. The van der Waals surface area contributed by atoms with Crippen LogP contribution in [0.4, 0.5) is 22.2 Å². The molecule has 3 aromatic rings. The number of anilines is 3. The number of hydrogen-bond acceptors (Lipinski definition) is 7.